The second kappa shape index (κ2) is 53.0. The Balaban J connectivity index is 4.35. The van der Waals surface area contributed by atoms with E-state index in [1.54, 1.807) is 0 Å². The Labute approximate surface area is 397 Å². The highest BCUT2D eigenvalue weighted by molar-refractivity contribution is 5.71. The maximum atomic E-state index is 12.8. The van der Waals surface area contributed by atoms with E-state index in [9.17, 15) is 14.4 Å². The van der Waals surface area contributed by atoms with Crippen LogP contribution in [-0.2, 0) is 28.6 Å². The van der Waals surface area contributed by atoms with Crippen LogP contribution >= 0.6 is 0 Å². The highest BCUT2D eigenvalue weighted by Gasteiger charge is 2.19. The van der Waals surface area contributed by atoms with Crippen molar-refractivity contribution in [3.63, 3.8) is 0 Å². The van der Waals surface area contributed by atoms with Crippen molar-refractivity contribution in [3.05, 3.63) is 48.6 Å². The minimum atomic E-state index is -0.783. The van der Waals surface area contributed by atoms with Crippen LogP contribution in [0.5, 0.6) is 0 Å². The molecule has 0 N–H and O–H groups in total. The lowest BCUT2D eigenvalue weighted by Gasteiger charge is -2.18. The van der Waals surface area contributed by atoms with E-state index in [1.165, 1.54) is 154 Å². The molecular formula is C58H104O6. The Morgan fingerprint density at radius 3 is 0.906 bits per heavy atom. The molecule has 372 valence electrons. The molecule has 0 aromatic rings. The number of unbranched alkanes of at least 4 members (excludes halogenated alkanes) is 31. The number of ether oxygens (including phenoxy) is 3. The molecule has 6 nitrogen and oxygen atoms in total. The van der Waals surface area contributed by atoms with Crippen LogP contribution in [0.25, 0.3) is 0 Å². The largest absolute Gasteiger partial charge is 0.462 e. The van der Waals surface area contributed by atoms with Crippen LogP contribution < -0.4 is 0 Å². The van der Waals surface area contributed by atoms with Crippen molar-refractivity contribution in [2.45, 2.75) is 290 Å². The molecule has 0 aliphatic rings. The Bertz CT molecular complexity index is 1120. The van der Waals surface area contributed by atoms with Gasteiger partial charge in [-0.05, 0) is 103 Å². The van der Waals surface area contributed by atoms with Crippen molar-refractivity contribution in [2.75, 3.05) is 13.2 Å². The lowest BCUT2D eigenvalue weighted by Crippen LogP contribution is -2.30. The minimum Gasteiger partial charge on any atom is -0.462 e. The van der Waals surface area contributed by atoms with Gasteiger partial charge in [0.1, 0.15) is 13.2 Å². The third-order valence-electron chi connectivity index (χ3n) is 12.0. The number of rotatable bonds is 50. The lowest BCUT2D eigenvalue weighted by atomic mass is 10.1. The molecule has 0 spiro atoms. The molecule has 0 rings (SSSR count). The van der Waals surface area contributed by atoms with Crippen LogP contribution in [0.4, 0.5) is 0 Å². The van der Waals surface area contributed by atoms with Crippen molar-refractivity contribution >= 4 is 17.9 Å². The summed E-state index contributed by atoms with van der Waals surface area (Å²) in [6, 6.07) is 0. The Morgan fingerprint density at radius 1 is 0.312 bits per heavy atom. The molecule has 0 aromatic heterocycles. The zero-order chi connectivity index (χ0) is 46.5. The third kappa shape index (κ3) is 50.4. The van der Waals surface area contributed by atoms with E-state index in [1.807, 2.05) is 0 Å². The zero-order valence-electron chi connectivity index (χ0n) is 42.6. The molecule has 0 fully saturated rings. The van der Waals surface area contributed by atoms with E-state index >= 15 is 0 Å². The molecule has 0 aromatic carbocycles. The Hall–Kier alpha value is -2.63. The van der Waals surface area contributed by atoms with Gasteiger partial charge >= 0.3 is 17.9 Å². The first-order chi connectivity index (χ1) is 31.5. The first kappa shape index (κ1) is 61.4. The highest BCUT2D eigenvalue weighted by atomic mass is 16.6. The fraction of sp³-hybridized carbons (Fsp3) is 0.810. The van der Waals surface area contributed by atoms with Gasteiger partial charge in [0.05, 0.1) is 0 Å². The Kier molecular flexibility index (Phi) is 50.8. The summed E-state index contributed by atoms with van der Waals surface area (Å²) in [5.41, 5.74) is 0. The fourth-order valence-electron chi connectivity index (χ4n) is 7.81. The first-order valence-corrected chi connectivity index (χ1v) is 27.6. The van der Waals surface area contributed by atoms with Crippen LogP contribution in [0.2, 0.25) is 0 Å². The van der Waals surface area contributed by atoms with Gasteiger partial charge in [0.2, 0.25) is 0 Å². The summed E-state index contributed by atoms with van der Waals surface area (Å²) in [6.45, 7) is 6.58. The topological polar surface area (TPSA) is 78.9 Å². The molecule has 0 saturated heterocycles. The second-order valence-corrected chi connectivity index (χ2v) is 18.5. The van der Waals surface area contributed by atoms with Crippen molar-refractivity contribution < 1.29 is 28.6 Å². The molecule has 0 saturated carbocycles. The van der Waals surface area contributed by atoms with Gasteiger partial charge in [0.15, 0.2) is 6.10 Å². The fourth-order valence-corrected chi connectivity index (χ4v) is 7.81. The predicted molar refractivity (Wildman–Crippen MR) is 275 cm³/mol. The third-order valence-corrected chi connectivity index (χ3v) is 12.0. The number of carbonyl (C=O) groups is 3. The zero-order valence-corrected chi connectivity index (χ0v) is 42.6. The average molecular weight is 897 g/mol. The molecule has 0 aliphatic carbocycles. The lowest BCUT2D eigenvalue weighted by molar-refractivity contribution is -0.167. The quantitative estimate of drug-likeness (QED) is 0.0262. The molecule has 0 bridgehead atoms. The van der Waals surface area contributed by atoms with Crippen LogP contribution in [0.15, 0.2) is 48.6 Å². The molecule has 0 aliphatic heterocycles. The van der Waals surface area contributed by atoms with Gasteiger partial charge in [-0.1, -0.05) is 211 Å². The normalized spacial score (nSPS) is 12.4. The van der Waals surface area contributed by atoms with Crippen LogP contribution in [0.1, 0.15) is 284 Å². The first-order valence-electron chi connectivity index (χ1n) is 27.6. The van der Waals surface area contributed by atoms with Gasteiger partial charge in [-0.2, -0.15) is 0 Å². The second-order valence-electron chi connectivity index (χ2n) is 18.5. The van der Waals surface area contributed by atoms with E-state index in [-0.39, 0.29) is 31.1 Å². The maximum Gasteiger partial charge on any atom is 0.306 e. The molecule has 64 heavy (non-hydrogen) atoms. The van der Waals surface area contributed by atoms with Gasteiger partial charge in [-0.3, -0.25) is 14.4 Å². The van der Waals surface area contributed by atoms with E-state index in [0.29, 0.717) is 19.3 Å². The summed E-state index contributed by atoms with van der Waals surface area (Å²) in [5, 5.41) is 0. The van der Waals surface area contributed by atoms with Crippen molar-refractivity contribution in [1.82, 2.24) is 0 Å². The highest BCUT2D eigenvalue weighted by Crippen LogP contribution is 2.15. The van der Waals surface area contributed by atoms with Gasteiger partial charge in [0, 0.05) is 19.3 Å². The number of esters is 3. The predicted octanol–water partition coefficient (Wildman–Crippen LogP) is 18.3. The van der Waals surface area contributed by atoms with Crippen molar-refractivity contribution in [2.24, 2.45) is 0 Å². The van der Waals surface area contributed by atoms with Gasteiger partial charge in [-0.15, -0.1) is 0 Å². The maximum absolute atomic E-state index is 12.8. The number of allylic oxidation sites excluding steroid dienone is 8. The van der Waals surface area contributed by atoms with Crippen molar-refractivity contribution in [3.8, 4) is 0 Å². The van der Waals surface area contributed by atoms with Crippen molar-refractivity contribution in [1.29, 1.82) is 0 Å². The summed E-state index contributed by atoms with van der Waals surface area (Å²) in [4.78, 5) is 38.0. The average Bonchev–Trinajstić information content (AvgIpc) is 3.29. The summed E-state index contributed by atoms with van der Waals surface area (Å²) in [5.74, 6) is -0.898. The number of hydrogen-bond donors (Lipinski definition) is 0. The SMILES string of the molecule is CCCCC/C=C\C/C=C\CCCCCCCC(=O)OC(COC(=O)CCCCCCC/C=C\CCCCC)COC(=O)CCCCCCCCCCC/C=C\CCCCCCCC. The molecule has 6 heteroatoms. The summed E-state index contributed by atoms with van der Waals surface area (Å²) in [7, 11) is 0. The molecule has 0 heterocycles. The van der Waals surface area contributed by atoms with Crippen LogP contribution in [0, 0.1) is 0 Å². The van der Waals surface area contributed by atoms with Crippen LogP contribution in [0.3, 0.4) is 0 Å². The van der Waals surface area contributed by atoms with Gasteiger partial charge in [0.25, 0.3) is 0 Å². The summed E-state index contributed by atoms with van der Waals surface area (Å²) >= 11 is 0. The molecule has 0 amide bonds. The Morgan fingerprint density at radius 2 is 0.562 bits per heavy atom. The smallest absolute Gasteiger partial charge is 0.306 e. The van der Waals surface area contributed by atoms with E-state index in [4.69, 9.17) is 14.2 Å². The number of carbonyl (C=O) groups excluding carboxylic acids is 3. The summed E-state index contributed by atoms with van der Waals surface area (Å²) < 4.78 is 16.8. The van der Waals surface area contributed by atoms with E-state index in [0.717, 1.165) is 89.9 Å². The monoisotopic (exact) mass is 897 g/mol. The van der Waals surface area contributed by atoms with E-state index < -0.39 is 6.10 Å². The molecule has 1 atom stereocenters. The van der Waals surface area contributed by atoms with E-state index in [2.05, 4.69) is 69.4 Å². The van der Waals surface area contributed by atoms with Gasteiger partial charge in [-0.25, -0.2) is 0 Å². The molecular weight excluding hydrogens is 793 g/mol. The standard InChI is InChI=1S/C58H104O6/c1-4-7-10-13-16-19-22-25-27-28-29-30-32-33-36-39-42-45-48-51-57(60)63-54-55(53-62-56(59)50-47-44-41-38-35-24-21-18-15-12-9-6-3)64-58(61)52-49-46-43-40-37-34-31-26-23-20-17-14-11-8-5-2/h17-18,20-21,25-27,31,55H,4-16,19,22-24,28-30,32-54H2,1-3H3/b20-17-,21-18-,27-25-,31-26-. The number of hydrogen-bond acceptors (Lipinski definition) is 6. The molecule has 1 unspecified atom stereocenters. The molecule has 0 radical (unpaired) electrons. The van der Waals surface area contributed by atoms with Gasteiger partial charge < -0.3 is 14.2 Å². The van der Waals surface area contributed by atoms with Crippen LogP contribution in [-0.4, -0.2) is 37.2 Å². The summed E-state index contributed by atoms with van der Waals surface area (Å²) in [6.07, 6.45) is 63.8. The minimum absolute atomic E-state index is 0.0814.